The lowest BCUT2D eigenvalue weighted by Crippen LogP contribution is -2.73. The minimum absolute atomic E-state index is 0.00251. The first kappa shape index (κ1) is 31.8. The first-order valence-electron chi connectivity index (χ1n) is 14.5. The standard InChI is InChI=1S/C27H40N4O13/c1-22(2)35-10-12(39-22)14-26(30-31-28,16-18(37-14)43-24(5,6)41-16)20(32)29-27(21(33)34-9)15(13-11-36-23(3,4)40-13)38-19-17(27)42-25(7,8)44-19/h12-19H,10-11H2,1-9H3,(H,29,32)/t12-,13-,14-,15-,16+,17+,18-,19-,26+,27-/m1/s1. The molecular weight excluding hydrogens is 588 g/mol. The van der Waals surface area contributed by atoms with Crippen LogP contribution in [0.4, 0.5) is 0 Å². The van der Waals surface area contributed by atoms with Crippen molar-refractivity contribution in [2.75, 3.05) is 20.3 Å². The predicted molar refractivity (Wildman–Crippen MR) is 142 cm³/mol. The molecular formula is C27H40N4O13. The number of rotatable bonds is 6. The van der Waals surface area contributed by atoms with Crippen molar-refractivity contribution >= 4 is 11.9 Å². The Morgan fingerprint density at radius 3 is 1.73 bits per heavy atom. The Labute approximate surface area is 253 Å². The Bertz CT molecular complexity index is 1250. The SMILES string of the molecule is COC(=O)[C@@]1(NC(=O)[C@]2(N=[N+]=[N-])[C@@H]([C@H]3COC(C)(C)O3)O[C@@H]3OC(C)(C)O[C@@H]32)[C@@H]([C@H]2COC(C)(C)O2)O[C@@H]2OC(C)(C)O[C@@H]21. The summed E-state index contributed by atoms with van der Waals surface area (Å²) in [5.41, 5.74) is 5.64. The van der Waals surface area contributed by atoms with E-state index in [1.165, 1.54) is 7.11 Å². The first-order valence-corrected chi connectivity index (χ1v) is 14.5. The lowest BCUT2D eigenvalue weighted by Gasteiger charge is -2.41. The molecule has 17 nitrogen and oxygen atoms in total. The minimum Gasteiger partial charge on any atom is -0.467 e. The van der Waals surface area contributed by atoms with Gasteiger partial charge in [-0.05, 0) is 60.9 Å². The van der Waals surface area contributed by atoms with Crippen LogP contribution in [0.15, 0.2) is 5.11 Å². The quantitative estimate of drug-likeness (QED) is 0.190. The minimum atomic E-state index is -2.17. The number of hydrogen-bond donors (Lipinski definition) is 1. The van der Waals surface area contributed by atoms with E-state index in [0.29, 0.717) is 0 Å². The summed E-state index contributed by atoms with van der Waals surface area (Å²) in [6.45, 7) is 13.4. The monoisotopic (exact) mass is 628 g/mol. The van der Waals surface area contributed by atoms with Crippen molar-refractivity contribution in [3.63, 3.8) is 0 Å². The zero-order valence-corrected chi connectivity index (χ0v) is 26.2. The van der Waals surface area contributed by atoms with Gasteiger partial charge >= 0.3 is 5.97 Å². The molecule has 0 aromatic rings. The fourth-order valence-electron chi connectivity index (χ4n) is 6.94. The first-order chi connectivity index (χ1) is 20.4. The third-order valence-corrected chi connectivity index (χ3v) is 8.60. The maximum Gasteiger partial charge on any atom is 0.337 e. The molecule has 17 heteroatoms. The molecule has 0 aromatic heterocycles. The Balaban J connectivity index is 1.46. The normalized spacial score (nSPS) is 45.8. The third kappa shape index (κ3) is 4.89. The van der Waals surface area contributed by atoms with Crippen LogP contribution in [-0.2, 0) is 61.7 Å². The van der Waals surface area contributed by atoms with Gasteiger partial charge in [0, 0.05) is 4.91 Å². The topological polar surface area (TPSA) is 196 Å². The van der Waals surface area contributed by atoms with E-state index in [9.17, 15) is 15.1 Å². The molecule has 0 bridgehead atoms. The summed E-state index contributed by atoms with van der Waals surface area (Å²) >= 11 is 0. The molecule has 0 radical (unpaired) electrons. The van der Waals surface area contributed by atoms with E-state index in [2.05, 4.69) is 15.3 Å². The molecule has 6 saturated heterocycles. The highest BCUT2D eigenvalue weighted by Gasteiger charge is 2.75. The van der Waals surface area contributed by atoms with Gasteiger partial charge in [0.05, 0.1) is 20.3 Å². The molecule has 0 spiro atoms. The Morgan fingerprint density at radius 1 is 0.727 bits per heavy atom. The fraction of sp³-hybridized carbons (Fsp3) is 0.926. The molecule has 1 N–H and O–H groups in total. The van der Waals surface area contributed by atoms with Crippen molar-refractivity contribution in [2.45, 2.75) is 139 Å². The molecule has 0 saturated carbocycles. The molecule has 246 valence electrons. The van der Waals surface area contributed by atoms with Crippen LogP contribution in [0.1, 0.15) is 55.4 Å². The molecule has 0 aliphatic carbocycles. The molecule has 6 fully saturated rings. The van der Waals surface area contributed by atoms with E-state index < -0.39 is 95.3 Å². The maximum atomic E-state index is 14.9. The summed E-state index contributed by atoms with van der Waals surface area (Å²) in [5.74, 6) is -6.31. The second-order valence-electron chi connectivity index (χ2n) is 13.5. The summed E-state index contributed by atoms with van der Waals surface area (Å²) in [4.78, 5) is 32.0. The summed E-state index contributed by atoms with van der Waals surface area (Å²) < 4.78 is 65.7. The van der Waals surface area contributed by atoms with Gasteiger partial charge in [-0.15, -0.1) is 0 Å². The van der Waals surface area contributed by atoms with E-state index >= 15 is 0 Å². The number of nitrogens with one attached hydrogen (secondary N) is 1. The van der Waals surface area contributed by atoms with Crippen LogP contribution >= 0.6 is 0 Å². The highest BCUT2D eigenvalue weighted by molar-refractivity contribution is 5.95. The number of ether oxygens (including phenoxy) is 11. The van der Waals surface area contributed by atoms with Gasteiger partial charge in [-0.3, -0.25) is 4.79 Å². The van der Waals surface area contributed by atoms with Gasteiger partial charge in [0.2, 0.25) is 5.91 Å². The number of hydrogen-bond acceptors (Lipinski definition) is 14. The van der Waals surface area contributed by atoms with E-state index in [4.69, 9.17) is 52.1 Å². The lowest BCUT2D eigenvalue weighted by molar-refractivity contribution is -0.235. The van der Waals surface area contributed by atoms with Gasteiger partial charge in [-0.1, -0.05) is 5.11 Å². The van der Waals surface area contributed by atoms with E-state index in [1.54, 1.807) is 55.4 Å². The van der Waals surface area contributed by atoms with Gasteiger partial charge in [0.25, 0.3) is 0 Å². The van der Waals surface area contributed by atoms with Crippen LogP contribution in [0.2, 0.25) is 0 Å². The van der Waals surface area contributed by atoms with Crippen molar-refractivity contribution in [2.24, 2.45) is 5.11 Å². The Kier molecular flexibility index (Phi) is 7.36. The van der Waals surface area contributed by atoms with Gasteiger partial charge in [0.15, 0.2) is 46.8 Å². The number of azide groups is 1. The van der Waals surface area contributed by atoms with Crippen molar-refractivity contribution in [3.8, 4) is 0 Å². The van der Waals surface area contributed by atoms with Crippen LogP contribution in [0, 0.1) is 0 Å². The third-order valence-electron chi connectivity index (χ3n) is 8.60. The number of carbonyl (C=O) groups is 2. The lowest BCUT2D eigenvalue weighted by atomic mass is 9.80. The summed E-state index contributed by atoms with van der Waals surface area (Å²) in [6.07, 6.45) is -8.97. The molecule has 44 heavy (non-hydrogen) atoms. The molecule has 1 amide bonds. The highest BCUT2D eigenvalue weighted by atomic mass is 16.9. The summed E-state index contributed by atoms with van der Waals surface area (Å²) in [7, 11) is 1.17. The smallest absolute Gasteiger partial charge is 0.337 e. The average Bonchev–Trinajstić information content (AvgIpc) is 3.71. The molecule has 6 aliphatic heterocycles. The van der Waals surface area contributed by atoms with Crippen LogP contribution in [0.25, 0.3) is 10.4 Å². The van der Waals surface area contributed by atoms with Crippen LogP contribution in [-0.4, -0.2) is 116 Å². The molecule has 6 rings (SSSR count). The molecule has 0 aromatic carbocycles. The number of methoxy groups -OCH3 is 1. The predicted octanol–water partition coefficient (Wildman–Crippen LogP) is 1.12. The average molecular weight is 629 g/mol. The second kappa shape index (κ2) is 10.2. The fourth-order valence-corrected chi connectivity index (χ4v) is 6.94. The van der Waals surface area contributed by atoms with Crippen molar-refractivity contribution in [1.82, 2.24) is 5.32 Å². The second-order valence-corrected chi connectivity index (χ2v) is 13.5. The van der Waals surface area contributed by atoms with Crippen molar-refractivity contribution in [1.29, 1.82) is 0 Å². The zero-order valence-electron chi connectivity index (χ0n) is 26.2. The molecule has 6 aliphatic rings. The summed E-state index contributed by atoms with van der Waals surface area (Å²) in [5, 5.41) is 6.87. The Hall–Kier alpha value is -2.15. The van der Waals surface area contributed by atoms with Gasteiger partial charge in [-0.2, -0.15) is 0 Å². The van der Waals surface area contributed by atoms with Gasteiger partial charge < -0.3 is 57.4 Å². The zero-order chi connectivity index (χ0) is 32.1. The van der Waals surface area contributed by atoms with E-state index in [1.807, 2.05) is 0 Å². The largest absolute Gasteiger partial charge is 0.467 e. The number of nitrogens with zero attached hydrogens (tertiary/aromatic N) is 3. The molecule has 6 heterocycles. The number of carbonyl (C=O) groups excluding carboxylic acids is 2. The van der Waals surface area contributed by atoms with Gasteiger partial charge in [-0.25, -0.2) is 4.79 Å². The number of esters is 1. The maximum absolute atomic E-state index is 14.9. The van der Waals surface area contributed by atoms with Crippen LogP contribution in [0.3, 0.4) is 0 Å². The van der Waals surface area contributed by atoms with Crippen LogP contribution < -0.4 is 5.32 Å². The van der Waals surface area contributed by atoms with E-state index in [0.717, 1.165) is 0 Å². The molecule has 0 unspecified atom stereocenters. The molecule has 10 atom stereocenters. The summed E-state index contributed by atoms with van der Waals surface area (Å²) in [6, 6.07) is 0. The Morgan fingerprint density at radius 2 is 1.23 bits per heavy atom. The van der Waals surface area contributed by atoms with Crippen LogP contribution in [0.5, 0.6) is 0 Å². The van der Waals surface area contributed by atoms with Gasteiger partial charge in [0.1, 0.15) is 36.6 Å². The number of amides is 1. The highest BCUT2D eigenvalue weighted by Crippen LogP contribution is 2.51. The van der Waals surface area contributed by atoms with Crippen molar-refractivity contribution < 1.29 is 61.7 Å². The number of fused-ring (bicyclic) bond motifs is 2. The van der Waals surface area contributed by atoms with E-state index in [-0.39, 0.29) is 13.2 Å². The van der Waals surface area contributed by atoms with Crippen molar-refractivity contribution in [3.05, 3.63) is 10.4 Å².